The molecule has 0 aromatic carbocycles. The highest BCUT2D eigenvalue weighted by Crippen LogP contribution is 2.24. The highest BCUT2D eigenvalue weighted by atomic mass is 14.2. The van der Waals surface area contributed by atoms with E-state index < -0.39 is 0 Å². The molecule has 0 heterocycles. The molecule has 8 heavy (non-hydrogen) atoms. The second-order valence-electron chi connectivity index (χ2n) is 3.03. The van der Waals surface area contributed by atoms with Gasteiger partial charge in [-0.25, -0.2) is 0 Å². The number of hydrogen-bond acceptors (Lipinski definition) is 0. The van der Waals surface area contributed by atoms with Crippen LogP contribution in [0.1, 0.15) is 33.6 Å². The van der Waals surface area contributed by atoms with Gasteiger partial charge in [0.25, 0.3) is 0 Å². The third-order valence-corrected chi connectivity index (χ3v) is 1.43. The van der Waals surface area contributed by atoms with E-state index in [0.29, 0.717) is 5.41 Å². The lowest BCUT2D eigenvalue weighted by atomic mass is 9.86. The molecule has 2 radical (unpaired) electrons. The van der Waals surface area contributed by atoms with Gasteiger partial charge >= 0.3 is 0 Å². The Morgan fingerprint density at radius 3 is 2.12 bits per heavy atom. The standard InChI is InChI=1S/C8H16/c1-5-7-8(3,4)6-2/h5H,2,6-7H2,1,3-4H3. The zero-order valence-electron chi connectivity index (χ0n) is 6.20. The summed E-state index contributed by atoms with van der Waals surface area (Å²) < 4.78 is 0. The molecule has 0 aliphatic carbocycles. The fraction of sp³-hybridized carbons (Fsp3) is 0.750. The van der Waals surface area contributed by atoms with Gasteiger partial charge in [-0.15, -0.1) is 0 Å². The van der Waals surface area contributed by atoms with Crippen LogP contribution in [0, 0.1) is 18.8 Å². The number of hydrogen-bond donors (Lipinski definition) is 0. The normalized spacial score (nSPS) is 12.0. The fourth-order valence-electron chi connectivity index (χ4n) is 0.655. The molecule has 0 nitrogen and oxygen atoms in total. The van der Waals surface area contributed by atoms with E-state index in [1.807, 2.05) is 0 Å². The zero-order valence-corrected chi connectivity index (χ0v) is 6.20. The summed E-state index contributed by atoms with van der Waals surface area (Å²) in [5, 5.41) is 0. The molecular weight excluding hydrogens is 96.1 g/mol. The Kier molecular flexibility index (Phi) is 3.11. The van der Waals surface area contributed by atoms with Gasteiger partial charge in [-0.1, -0.05) is 27.7 Å². The van der Waals surface area contributed by atoms with Gasteiger partial charge in [-0.2, -0.15) is 0 Å². The minimum absolute atomic E-state index is 0.425. The maximum absolute atomic E-state index is 3.86. The summed E-state index contributed by atoms with van der Waals surface area (Å²) in [7, 11) is 0. The van der Waals surface area contributed by atoms with Gasteiger partial charge in [0.15, 0.2) is 0 Å². The lowest BCUT2D eigenvalue weighted by molar-refractivity contribution is 0.364. The molecule has 0 aromatic heterocycles. The van der Waals surface area contributed by atoms with E-state index in [4.69, 9.17) is 0 Å². The van der Waals surface area contributed by atoms with Crippen LogP contribution in [0.15, 0.2) is 0 Å². The average Bonchev–Trinajstić information content (AvgIpc) is 1.67. The fourth-order valence-corrected chi connectivity index (χ4v) is 0.655. The Hall–Kier alpha value is 0. The molecule has 0 aromatic rings. The molecule has 0 aliphatic rings. The smallest absolute Gasteiger partial charge is 0.0352 e. The van der Waals surface area contributed by atoms with Crippen molar-refractivity contribution in [3.8, 4) is 0 Å². The van der Waals surface area contributed by atoms with Crippen LogP contribution in [0.3, 0.4) is 0 Å². The van der Waals surface area contributed by atoms with Crippen molar-refractivity contribution in [1.82, 2.24) is 0 Å². The third-order valence-electron chi connectivity index (χ3n) is 1.43. The topological polar surface area (TPSA) is 0 Å². The maximum Gasteiger partial charge on any atom is -0.0352 e. The van der Waals surface area contributed by atoms with Crippen LogP contribution < -0.4 is 0 Å². The zero-order chi connectivity index (χ0) is 6.62. The minimum atomic E-state index is 0.425. The Morgan fingerprint density at radius 2 is 2.00 bits per heavy atom. The third kappa shape index (κ3) is 3.06. The first-order chi connectivity index (χ1) is 3.62. The van der Waals surface area contributed by atoms with Crippen molar-refractivity contribution in [2.45, 2.75) is 33.6 Å². The predicted octanol–water partition coefficient (Wildman–Crippen LogP) is 2.85. The van der Waals surface area contributed by atoms with Crippen molar-refractivity contribution < 1.29 is 0 Å². The molecule has 0 heteroatoms. The Labute approximate surface area is 53.3 Å². The minimum Gasteiger partial charge on any atom is -0.0622 e. The Morgan fingerprint density at radius 1 is 1.50 bits per heavy atom. The van der Waals surface area contributed by atoms with E-state index in [1.54, 1.807) is 0 Å². The van der Waals surface area contributed by atoms with Crippen LogP contribution in [-0.4, -0.2) is 0 Å². The Balaban J connectivity index is 3.37. The molecular formula is C8H16. The first-order valence-corrected chi connectivity index (χ1v) is 3.19. The summed E-state index contributed by atoms with van der Waals surface area (Å²) >= 11 is 0. The van der Waals surface area contributed by atoms with E-state index in [0.717, 1.165) is 6.42 Å². The molecule has 0 spiro atoms. The van der Waals surface area contributed by atoms with Gasteiger partial charge in [0.2, 0.25) is 0 Å². The van der Waals surface area contributed by atoms with Gasteiger partial charge in [0, 0.05) is 0 Å². The molecule has 0 bridgehead atoms. The molecule has 0 saturated heterocycles. The summed E-state index contributed by atoms with van der Waals surface area (Å²) in [5.74, 6) is 0. The van der Waals surface area contributed by atoms with Crippen molar-refractivity contribution in [2.24, 2.45) is 5.41 Å². The lowest BCUT2D eigenvalue weighted by Crippen LogP contribution is -2.08. The average molecular weight is 112 g/mol. The Bertz CT molecular complexity index is 53.1. The molecule has 0 N–H and O–H groups in total. The predicted molar refractivity (Wildman–Crippen MR) is 38.3 cm³/mol. The van der Waals surface area contributed by atoms with Gasteiger partial charge in [-0.05, 0) is 24.7 Å². The van der Waals surface area contributed by atoms with E-state index in [-0.39, 0.29) is 0 Å². The van der Waals surface area contributed by atoms with Crippen molar-refractivity contribution >= 4 is 0 Å². The first kappa shape index (κ1) is 8.00. The molecule has 48 valence electrons. The molecule has 0 rings (SSSR count). The maximum atomic E-state index is 3.86. The van der Waals surface area contributed by atoms with E-state index in [2.05, 4.69) is 34.1 Å². The van der Waals surface area contributed by atoms with Crippen LogP contribution in [0.5, 0.6) is 0 Å². The largest absolute Gasteiger partial charge is 0.0622 e. The summed E-state index contributed by atoms with van der Waals surface area (Å²) in [6.45, 7) is 10.4. The summed E-state index contributed by atoms with van der Waals surface area (Å²) in [6.07, 6.45) is 4.40. The molecule has 0 fully saturated rings. The van der Waals surface area contributed by atoms with Gasteiger partial charge in [0.1, 0.15) is 0 Å². The van der Waals surface area contributed by atoms with Crippen molar-refractivity contribution in [2.75, 3.05) is 0 Å². The highest BCUT2D eigenvalue weighted by Gasteiger charge is 2.12. The van der Waals surface area contributed by atoms with Crippen LogP contribution in [0.2, 0.25) is 0 Å². The van der Waals surface area contributed by atoms with Crippen molar-refractivity contribution in [3.05, 3.63) is 13.3 Å². The van der Waals surface area contributed by atoms with Crippen molar-refractivity contribution in [3.63, 3.8) is 0 Å². The van der Waals surface area contributed by atoms with E-state index in [9.17, 15) is 0 Å². The molecule has 0 atom stereocenters. The van der Waals surface area contributed by atoms with Crippen LogP contribution in [0.4, 0.5) is 0 Å². The molecule has 0 saturated carbocycles. The molecule has 0 unspecified atom stereocenters. The number of rotatable bonds is 3. The highest BCUT2D eigenvalue weighted by molar-refractivity contribution is 4.74. The van der Waals surface area contributed by atoms with Crippen LogP contribution in [-0.2, 0) is 0 Å². The van der Waals surface area contributed by atoms with E-state index >= 15 is 0 Å². The van der Waals surface area contributed by atoms with Crippen LogP contribution >= 0.6 is 0 Å². The first-order valence-electron chi connectivity index (χ1n) is 3.19. The van der Waals surface area contributed by atoms with Gasteiger partial charge in [0.05, 0.1) is 0 Å². The van der Waals surface area contributed by atoms with Gasteiger partial charge < -0.3 is 0 Å². The molecule has 0 amide bonds. The van der Waals surface area contributed by atoms with Crippen molar-refractivity contribution in [1.29, 1.82) is 0 Å². The summed E-state index contributed by atoms with van der Waals surface area (Å²) in [5.41, 5.74) is 0.425. The second kappa shape index (κ2) is 3.11. The second-order valence-corrected chi connectivity index (χ2v) is 3.03. The quantitative estimate of drug-likeness (QED) is 0.526. The summed E-state index contributed by atoms with van der Waals surface area (Å²) in [4.78, 5) is 0. The molecule has 0 aliphatic heterocycles. The van der Waals surface area contributed by atoms with Gasteiger partial charge in [-0.3, -0.25) is 0 Å². The monoisotopic (exact) mass is 112 g/mol. The summed E-state index contributed by atoms with van der Waals surface area (Å²) in [6, 6.07) is 0. The van der Waals surface area contributed by atoms with E-state index in [1.165, 1.54) is 6.42 Å². The van der Waals surface area contributed by atoms with Crippen LogP contribution in [0.25, 0.3) is 0 Å². The SMILES string of the molecule is [CH2]CC(C)(C)C[CH]C. The lowest BCUT2D eigenvalue weighted by Gasteiger charge is -2.20.